The van der Waals surface area contributed by atoms with Crippen LogP contribution in [-0.4, -0.2) is 23.3 Å². The van der Waals surface area contributed by atoms with Crippen molar-refractivity contribution in [1.29, 1.82) is 0 Å². The lowest BCUT2D eigenvalue weighted by molar-refractivity contribution is -0.129. The van der Waals surface area contributed by atoms with E-state index < -0.39 is 0 Å². The zero-order valence-corrected chi connectivity index (χ0v) is 14.8. The molecule has 1 N–H and O–H groups in total. The molecule has 2 amide bonds. The van der Waals surface area contributed by atoms with E-state index in [2.05, 4.69) is 5.32 Å². The molecule has 0 spiro atoms. The highest BCUT2D eigenvalue weighted by Crippen LogP contribution is 2.17. The van der Waals surface area contributed by atoms with E-state index in [0.29, 0.717) is 28.8 Å². The molecule has 0 aliphatic heterocycles. The van der Waals surface area contributed by atoms with Crippen LogP contribution in [0.4, 0.5) is 5.69 Å². The SMILES string of the molecule is CC(=O)N(CCC(=O)Nc1ccc(Cl)cc1)Cc1ccccc1Cl. The van der Waals surface area contributed by atoms with Crippen molar-refractivity contribution in [1.82, 2.24) is 4.90 Å². The molecule has 2 rings (SSSR count). The maximum atomic E-state index is 12.0. The average Bonchev–Trinajstić information content (AvgIpc) is 2.55. The highest BCUT2D eigenvalue weighted by atomic mass is 35.5. The van der Waals surface area contributed by atoms with Crippen LogP contribution < -0.4 is 5.32 Å². The Morgan fingerprint density at radius 1 is 1.04 bits per heavy atom. The maximum absolute atomic E-state index is 12.0. The van der Waals surface area contributed by atoms with Crippen molar-refractivity contribution in [2.45, 2.75) is 19.9 Å². The van der Waals surface area contributed by atoms with Gasteiger partial charge in [-0.2, -0.15) is 0 Å². The van der Waals surface area contributed by atoms with Crippen LogP contribution in [0.1, 0.15) is 18.9 Å². The van der Waals surface area contributed by atoms with Crippen molar-refractivity contribution >= 4 is 40.7 Å². The lowest BCUT2D eigenvalue weighted by Gasteiger charge is -2.21. The number of anilines is 1. The van der Waals surface area contributed by atoms with Gasteiger partial charge in [0.25, 0.3) is 0 Å². The maximum Gasteiger partial charge on any atom is 0.226 e. The molecule has 0 fully saturated rings. The third-order valence-electron chi connectivity index (χ3n) is 3.50. The number of nitrogens with zero attached hydrogens (tertiary/aromatic N) is 1. The summed E-state index contributed by atoms with van der Waals surface area (Å²) in [5, 5.41) is 3.99. The molecule has 0 heterocycles. The van der Waals surface area contributed by atoms with Crippen molar-refractivity contribution in [3.63, 3.8) is 0 Å². The zero-order valence-electron chi connectivity index (χ0n) is 13.3. The Labute approximate surface area is 151 Å². The Balaban J connectivity index is 1.91. The van der Waals surface area contributed by atoms with Crippen molar-refractivity contribution in [2.24, 2.45) is 0 Å². The highest BCUT2D eigenvalue weighted by molar-refractivity contribution is 6.31. The van der Waals surface area contributed by atoms with Crippen molar-refractivity contribution in [3.8, 4) is 0 Å². The second-order valence-corrected chi connectivity index (χ2v) is 6.18. The fourth-order valence-corrected chi connectivity index (χ4v) is 2.49. The fraction of sp³-hybridized carbons (Fsp3) is 0.222. The molecule has 2 aromatic carbocycles. The van der Waals surface area contributed by atoms with Gasteiger partial charge in [-0.3, -0.25) is 9.59 Å². The molecular weight excluding hydrogens is 347 g/mol. The van der Waals surface area contributed by atoms with Gasteiger partial charge in [0.2, 0.25) is 11.8 Å². The van der Waals surface area contributed by atoms with Gasteiger partial charge in [0.15, 0.2) is 0 Å². The van der Waals surface area contributed by atoms with Crippen molar-refractivity contribution < 1.29 is 9.59 Å². The topological polar surface area (TPSA) is 49.4 Å². The van der Waals surface area contributed by atoms with Gasteiger partial charge in [0, 0.05) is 42.2 Å². The lowest BCUT2D eigenvalue weighted by Crippen LogP contribution is -2.31. The number of amides is 2. The number of hydrogen-bond acceptors (Lipinski definition) is 2. The summed E-state index contributed by atoms with van der Waals surface area (Å²) >= 11 is 11.9. The highest BCUT2D eigenvalue weighted by Gasteiger charge is 2.13. The van der Waals surface area contributed by atoms with Crippen LogP contribution in [0.5, 0.6) is 0 Å². The lowest BCUT2D eigenvalue weighted by atomic mass is 10.2. The molecule has 0 unspecified atom stereocenters. The fourth-order valence-electron chi connectivity index (χ4n) is 2.17. The molecule has 126 valence electrons. The van der Waals surface area contributed by atoms with Crippen molar-refractivity contribution in [2.75, 3.05) is 11.9 Å². The minimum absolute atomic E-state index is 0.103. The van der Waals surface area contributed by atoms with Gasteiger partial charge in [-0.25, -0.2) is 0 Å². The van der Waals surface area contributed by atoms with Gasteiger partial charge >= 0.3 is 0 Å². The van der Waals surface area contributed by atoms with Crippen molar-refractivity contribution in [3.05, 3.63) is 64.1 Å². The number of benzene rings is 2. The Kier molecular flexibility index (Phi) is 6.64. The van der Waals surface area contributed by atoms with Crippen LogP contribution in [0.25, 0.3) is 0 Å². The standard InChI is InChI=1S/C18H18Cl2N2O2/c1-13(23)22(12-14-4-2-3-5-17(14)20)11-10-18(24)21-16-8-6-15(19)7-9-16/h2-9H,10-12H2,1H3,(H,21,24). The minimum Gasteiger partial charge on any atom is -0.338 e. The Hall–Kier alpha value is -2.04. The summed E-state index contributed by atoms with van der Waals surface area (Å²) in [6, 6.07) is 14.2. The van der Waals surface area contributed by atoms with E-state index in [1.165, 1.54) is 6.92 Å². The van der Waals surface area contributed by atoms with E-state index in [1.54, 1.807) is 35.2 Å². The Morgan fingerprint density at radius 2 is 1.71 bits per heavy atom. The third-order valence-corrected chi connectivity index (χ3v) is 4.12. The summed E-state index contributed by atoms with van der Waals surface area (Å²) in [7, 11) is 0. The summed E-state index contributed by atoms with van der Waals surface area (Å²) in [6.07, 6.45) is 0.201. The van der Waals surface area contributed by atoms with Crippen LogP contribution >= 0.6 is 23.2 Å². The van der Waals surface area contributed by atoms with E-state index in [-0.39, 0.29) is 18.2 Å². The van der Waals surface area contributed by atoms with Crippen LogP contribution in [0.2, 0.25) is 10.0 Å². The first-order valence-corrected chi connectivity index (χ1v) is 8.25. The van der Waals surface area contributed by atoms with Gasteiger partial charge in [0.1, 0.15) is 0 Å². The molecule has 0 aromatic heterocycles. The third kappa shape index (κ3) is 5.55. The number of carbonyl (C=O) groups excluding carboxylic acids is 2. The summed E-state index contributed by atoms with van der Waals surface area (Å²) in [4.78, 5) is 25.4. The monoisotopic (exact) mass is 364 g/mol. The first-order valence-electron chi connectivity index (χ1n) is 7.50. The first kappa shape index (κ1) is 18.3. The molecule has 24 heavy (non-hydrogen) atoms. The normalized spacial score (nSPS) is 10.3. The number of nitrogens with one attached hydrogen (secondary N) is 1. The van der Waals surface area contributed by atoms with Gasteiger partial charge in [-0.05, 0) is 35.9 Å². The van der Waals surface area contributed by atoms with Crippen LogP contribution in [-0.2, 0) is 16.1 Å². The Bertz CT molecular complexity index is 717. The number of carbonyl (C=O) groups is 2. The first-order chi connectivity index (χ1) is 11.5. The molecular formula is C18H18Cl2N2O2. The zero-order chi connectivity index (χ0) is 17.5. The van der Waals surface area contributed by atoms with Gasteiger partial charge in [0.05, 0.1) is 0 Å². The molecule has 0 atom stereocenters. The van der Waals surface area contributed by atoms with Gasteiger partial charge < -0.3 is 10.2 Å². The summed E-state index contributed by atoms with van der Waals surface area (Å²) in [6.45, 7) is 2.18. The van der Waals surface area contributed by atoms with Crippen LogP contribution in [0.15, 0.2) is 48.5 Å². The van der Waals surface area contributed by atoms with Gasteiger partial charge in [-0.1, -0.05) is 41.4 Å². The van der Waals surface area contributed by atoms with E-state index in [4.69, 9.17) is 23.2 Å². The largest absolute Gasteiger partial charge is 0.338 e. The predicted octanol–water partition coefficient (Wildman–Crippen LogP) is 4.37. The summed E-state index contributed by atoms with van der Waals surface area (Å²) in [5.41, 5.74) is 1.53. The smallest absolute Gasteiger partial charge is 0.226 e. The number of halogens is 2. The minimum atomic E-state index is -0.164. The molecule has 0 aliphatic rings. The second kappa shape index (κ2) is 8.71. The molecule has 2 aromatic rings. The number of hydrogen-bond donors (Lipinski definition) is 1. The van der Waals surface area contributed by atoms with E-state index in [0.717, 1.165) is 5.56 Å². The average molecular weight is 365 g/mol. The molecule has 0 aliphatic carbocycles. The van der Waals surface area contributed by atoms with E-state index in [9.17, 15) is 9.59 Å². The van der Waals surface area contributed by atoms with Gasteiger partial charge in [-0.15, -0.1) is 0 Å². The summed E-state index contributed by atoms with van der Waals surface area (Å²) in [5.74, 6) is -0.267. The van der Waals surface area contributed by atoms with Crippen LogP contribution in [0, 0.1) is 0 Å². The predicted molar refractivity (Wildman–Crippen MR) is 97.2 cm³/mol. The Morgan fingerprint density at radius 3 is 2.33 bits per heavy atom. The molecule has 6 heteroatoms. The molecule has 4 nitrogen and oxygen atoms in total. The van der Waals surface area contributed by atoms with E-state index >= 15 is 0 Å². The second-order valence-electron chi connectivity index (χ2n) is 5.34. The van der Waals surface area contributed by atoms with E-state index in [1.807, 2.05) is 18.2 Å². The molecule has 0 radical (unpaired) electrons. The molecule has 0 saturated heterocycles. The summed E-state index contributed by atoms with van der Waals surface area (Å²) < 4.78 is 0. The quantitative estimate of drug-likeness (QED) is 0.826. The molecule has 0 bridgehead atoms. The molecule has 0 saturated carbocycles. The van der Waals surface area contributed by atoms with Crippen LogP contribution in [0.3, 0.4) is 0 Å². The number of rotatable bonds is 6.